The van der Waals surface area contributed by atoms with Gasteiger partial charge in [0.25, 0.3) is 0 Å². The highest BCUT2D eigenvalue weighted by Gasteiger charge is 1.90. The predicted molar refractivity (Wildman–Crippen MR) is 107 cm³/mol. The first-order chi connectivity index (χ1) is 14.7. The van der Waals surface area contributed by atoms with Crippen LogP contribution in [0.3, 0.4) is 0 Å². The van der Waals surface area contributed by atoms with Gasteiger partial charge in [-0.05, 0) is 0 Å². The van der Waals surface area contributed by atoms with E-state index in [-0.39, 0.29) is 39.6 Å². The lowest BCUT2D eigenvalue weighted by Crippen LogP contribution is -2.11. The summed E-state index contributed by atoms with van der Waals surface area (Å²) in [4.78, 5) is 0. The van der Waals surface area contributed by atoms with Gasteiger partial charge in [0, 0.05) is 0 Å². The zero-order valence-electron chi connectivity index (χ0n) is 17.9. The molecule has 0 aliphatic rings. The summed E-state index contributed by atoms with van der Waals surface area (Å²) in [6.07, 6.45) is 0. The maximum Gasteiger partial charge on any atom is 0.0701 e. The van der Waals surface area contributed by atoms with Crippen LogP contribution in [-0.2, 0) is 28.4 Å². The predicted octanol–water partition coefficient (Wildman–Crippen LogP) is -2.99. The first-order valence-electron chi connectivity index (χ1n) is 9.86. The minimum atomic E-state index is 0.0278. The second kappa shape index (κ2) is 39.0. The highest BCUT2D eigenvalue weighted by atomic mass is 16.5. The number of hydrogen-bond donors (Lipinski definition) is 6. The van der Waals surface area contributed by atoms with Gasteiger partial charge in [0.2, 0.25) is 0 Å². The van der Waals surface area contributed by atoms with Crippen LogP contribution in [0.25, 0.3) is 0 Å². The molecule has 0 saturated heterocycles. The molecule has 0 amide bonds. The fourth-order valence-corrected chi connectivity index (χ4v) is 1.35. The molecule has 0 aromatic rings. The van der Waals surface area contributed by atoms with Gasteiger partial charge in [-0.15, -0.1) is 0 Å². The Hall–Kier alpha value is -0.480. The summed E-state index contributed by atoms with van der Waals surface area (Å²) in [5.74, 6) is 0. The van der Waals surface area contributed by atoms with Crippen molar-refractivity contribution in [3.8, 4) is 0 Å². The van der Waals surface area contributed by atoms with Crippen LogP contribution >= 0.6 is 0 Å². The number of aliphatic hydroxyl groups is 6. The molecule has 0 aliphatic carbocycles. The second-order valence-corrected chi connectivity index (χ2v) is 5.02. The molecule has 0 heterocycles. The summed E-state index contributed by atoms with van der Waals surface area (Å²) in [5, 5.41) is 49.4. The SMILES string of the molecule is OCCOCCO.OCCOCCOCCO.OCCOCCOCCOCCO. The number of rotatable bonds is 21. The molecule has 0 bridgehead atoms. The molecule has 0 unspecified atom stereocenters. The van der Waals surface area contributed by atoms with E-state index < -0.39 is 0 Å². The normalized spacial score (nSPS) is 10.2. The Morgan fingerprint density at radius 2 is 0.367 bits per heavy atom. The van der Waals surface area contributed by atoms with E-state index in [1.165, 1.54) is 0 Å². The quantitative estimate of drug-likeness (QED) is 0.0979. The Kier molecular flexibility index (Phi) is 44.4. The van der Waals surface area contributed by atoms with Crippen molar-refractivity contribution in [2.45, 2.75) is 0 Å². The van der Waals surface area contributed by atoms with Crippen molar-refractivity contribution < 1.29 is 59.1 Å². The van der Waals surface area contributed by atoms with Crippen LogP contribution in [0, 0.1) is 0 Å². The third kappa shape index (κ3) is 46.0. The van der Waals surface area contributed by atoms with Gasteiger partial charge in [-0.3, -0.25) is 0 Å². The molecule has 0 aromatic carbocycles. The Bertz CT molecular complexity index is 227. The lowest BCUT2D eigenvalue weighted by atomic mass is 10.7. The van der Waals surface area contributed by atoms with Gasteiger partial charge >= 0.3 is 0 Å². The van der Waals surface area contributed by atoms with E-state index >= 15 is 0 Å². The molecule has 0 saturated carbocycles. The summed E-state index contributed by atoms with van der Waals surface area (Å²) in [6.45, 7) is 5.19. The van der Waals surface area contributed by atoms with Crippen molar-refractivity contribution in [3.05, 3.63) is 0 Å². The molecule has 186 valence electrons. The average Bonchev–Trinajstić information content (AvgIpc) is 2.76. The molecule has 0 rings (SSSR count). The maximum atomic E-state index is 8.36. The Balaban J connectivity index is -0.000000383. The van der Waals surface area contributed by atoms with Gasteiger partial charge < -0.3 is 59.1 Å². The first-order valence-corrected chi connectivity index (χ1v) is 9.86. The minimum absolute atomic E-state index is 0.0278. The van der Waals surface area contributed by atoms with Crippen LogP contribution in [0.2, 0.25) is 0 Å². The highest BCUT2D eigenvalue weighted by Crippen LogP contribution is 1.80. The van der Waals surface area contributed by atoms with Gasteiger partial charge in [0.15, 0.2) is 0 Å². The largest absolute Gasteiger partial charge is 0.394 e. The van der Waals surface area contributed by atoms with Gasteiger partial charge in [-0.1, -0.05) is 0 Å². The smallest absolute Gasteiger partial charge is 0.0701 e. The summed E-state index contributed by atoms with van der Waals surface area (Å²) in [6, 6.07) is 0. The fourth-order valence-electron chi connectivity index (χ4n) is 1.35. The van der Waals surface area contributed by atoms with Crippen LogP contribution in [0.15, 0.2) is 0 Å². The van der Waals surface area contributed by atoms with Crippen LogP contribution < -0.4 is 0 Å². The lowest BCUT2D eigenvalue weighted by molar-refractivity contribution is 0.00230. The number of hydrogen-bond acceptors (Lipinski definition) is 12. The topological polar surface area (TPSA) is 177 Å². The Labute approximate surface area is 178 Å². The van der Waals surface area contributed by atoms with Gasteiger partial charge in [-0.25, -0.2) is 0 Å². The molecular formula is C18H42O12. The number of ether oxygens (including phenoxy) is 6. The van der Waals surface area contributed by atoms with Gasteiger partial charge in [0.05, 0.1) is 119 Å². The summed E-state index contributed by atoms with van der Waals surface area (Å²) in [7, 11) is 0. The first kappa shape index (κ1) is 34.1. The van der Waals surface area contributed by atoms with Crippen molar-refractivity contribution in [2.24, 2.45) is 0 Å². The maximum absolute atomic E-state index is 8.36. The summed E-state index contributed by atoms with van der Waals surface area (Å²) >= 11 is 0. The fraction of sp³-hybridized carbons (Fsp3) is 1.00. The number of aliphatic hydroxyl groups excluding tert-OH is 6. The molecule has 6 N–H and O–H groups in total. The molecule has 0 atom stereocenters. The summed E-state index contributed by atoms with van der Waals surface area (Å²) in [5.41, 5.74) is 0. The Morgan fingerprint density at radius 1 is 0.233 bits per heavy atom. The van der Waals surface area contributed by atoms with Crippen LogP contribution in [0.1, 0.15) is 0 Å². The van der Waals surface area contributed by atoms with Gasteiger partial charge in [-0.2, -0.15) is 0 Å². The Morgan fingerprint density at radius 3 is 0.533 bits per heavy atom. The van der Waals surface area contributed by atoms with E-state index in [1.807, 2.05) is 0 Å². The van der Waals surface area contributed by atoms with E-state index in [1.54, 1.807) is 0 Å². The molecule has 0 aliphatic heterocycles. The van der Waals surface area contributed by atoms with E-state index in [0.717, 1.165) is 0 Å². The van der Waals surface area contributed by atoms with Crippen molar-refractivity contribution in [3.63, 3.8) is 0 Å². The van der Waals surface area contributed by atoms with Crippen LogP contribution in [0.5, 0.6) is 0 Å². The average molecular weight is 451 g/mol. The molecule has 30 heavy (non-hydrogen) atoms. The van der Waals surface area contributed by atoms with Crippen molar-refractivity contribution in [2.75, 3.05) is 119 Å². The van der Waals surface area contributed by atoms with Crippen molar-refractivity contribution in [1.29, 1.82) is 0 Å². The molecule has 12 nitrogen and oxygen atoms in total. The minimum Gasteiger partial charge on any atom is -0.394 e. The molecule has 0 spiro atoms. The molecule has 0 radical (unpaired) electrons. The standard InChI is InChI=1S/C8H18O5.C6H14O4.C4H10O3/c9-1-3-11-5-7-13-8-6-12-4-2-10;7-1-3-9-5-6-10-4-2-8;5-1-3-7-4-2-6/h9-10H,1-8H2;7-8H,1-6H2;5-6H,1-4H2. The van der Waals surface area contributed by atoms with E-state index in [4.69, 9.17) is 54.3 Å². The van der Waals surface area contributed by atoms with Crippen LogP contribution in [-0.4, -0.2) is 150 Å². The molecule has 0 fully saturated rings. The zero-order chi connectivity index (χ0) is 23.0. The molecular weight excluding hydrogens is 408 g/mol. The summed E-state index contributed by atoms with van der Waals surface area (Å²) < 4.78 is 29.4. The van der Waals surface area contributed by atoms with Crippen molar-refractivity contribution in [1.82, 2.24) is 0 Å². The van der Waals surface area contributed by atoms with Crippen LogP contribution in [0.4, 0.5) is 0 Å². The monoisotopic (exact) mass is 450 g/mol. The van der Waals surface area contributed by atoms with Crippen molar-refractivity contribution >= 4 is 0 Å². The third-order valence-corrected chi connectivity index (χ3v) is 2.53. The van der Waals surface area contributed by atoms with E-state index in [2.05, 4.69) is 4.74 Å². The highest BCUT2D eigenvalue weighted by molar-refractivity contribution is 4.33. The third-order valence-electron chi connectivity index (χ3n) is 2.53. The lowest BCUT2D eigenvalue weighted by Gasteiger charge is -2.04. The molecule has 0 aromatic heterocycles. The van der Waals surface area contributed by atoms with E-state index in [0.29, 0.717) is 79.3 Å². The van der Waals surface area contributed by atoms with Gasteiger partial charge in [0.1, 0.15) is 0 Å². The van der Waals surface area contributed by atoms with E-state index in [9.17, 15) is 0 Å². The second-order valence-electron chi connectivity index (χ2n) is 5.02. The zero-order valence-corrected chi connectivity index (χ0v) is 17.9. The molecule has 12 heteroatoms.